The van der Waals surface area contributed by atoms with Gasteiger partial charge >= 0.3 is 10.5 Å². The fraction of sp³-hybridized carbons (Fsp3) is 0. The molecule has 0 atom stereocenters. The molecule has 56 heavy (non-hydrogen) atoms. The Balaban J connectivity index is 0.999. The van der Waals surface area contributed by atoms with Crippen molar-refractivity contribution in [2.45, 2.75) is 19.6 Å². The Kier molecular flexibility index (Phi) is 6.24. The van der Waals surface area contributed by atoms with Gasteiger partial charge in [-0.15, -0.1) is 0 Å². The van der Waals surface area contributed by atoms with Gasteiger partial charge in [-0.05, 0) is 105 Å². The Labute approximate surface area is 340 Å². The van der Waals surface area contributed by atoms with Crippen LogP contribution in [0.4, 0.5) is 0 Å². The van der Waals surface area contributed by atoms with Crippen molar-refractivity contribution in [2.75, 3.05) is 0 Å². The largest absolute Gasteiger partial charge is 0.318 e. The van der Waals surface area contributed by atoms with Gasteiger partial charge in [0.05, 0.1) is 22.1 Å². The molecule has 6 heterocycles. The predicted molar refractivity (Wildman–Crippen MR) is 246 cm³/mol. The zero-order valence-electron chi connectivity index (χ0n) is 29.7. The molecule has 0 saturated heterocycles. The lowest BCUT2D eigenvalue weighted by atomic mass is 9.67. The minimum absolute atomic E-state index is 0.293. The summed E-state index contributed by atoms with van der Waals surface area (Å²) in [7, 11) is 0. The van der Waals surface area contributed by atoms with Gasteiger partial charge < -0.3 is 9.13 Å². The van der Waals surface area contributed by atoms with E-state index < -0.39 is 0 Å². The number of rotatable bonds is 2. The summed E-state index contributed by atoms with van der Waals surface area (Å²) in [6.45, 7) is 0. The number of benzene rings is 8. The van der Waals surface area contributed by atoms with E-state index in [4.69, 9.17) is 0 Å². The third-order valence-corrected chi connectivity index (χ3v) is 17.6. The molecule has 4 aliphatic rings. The van der Waals surface area contributed by atoms with Crippen LogP contribution in [0.1, 0.15) is 0 Å². The van der Waals surface area contributed by atoms with Crippen LogP contribution in [-0.2, 0) is 0 Å². The van der Waals surface area contributed by atoms with E-state index in [1.165, 1.54) is 119 Å². The van der Waals surface area contributed by atoms with Crippen molar-refractivity contribution < 1.29 is 0 Å². The van der Waals surface area contributed by atoms with Gasteiger partial charge in [0.2, 0.25) is 0 Å². The standard InChI is InChI=1S/C48H26B2N2S4/c1-5-14-37-29(10-1)30-11-2-6-15-38(30)51(37)27-20-22-33-35-26-36-34-23-21-28(52-39-16-7-3-12-31(39)32-13-4-8-17-40(32)52)25-44(34)56-50-48(36)46-45-41(18-9-19-42(45)54-50)53-49(47(35)46)55-43(33)24-27/h1-26H. The van der Waals surface area contributed by atoms with Crippen molar-refractivity contribution in [3.63, 3.8) is 0 Å². The van der Waals surface area contributed by atoms with Crippen molar-refractivity contribution in [3.8, 4) is 44.8 Å². The number of para-hydroxylation sites is 4. The van der Waals surface area contributed by atoms with E-state index >= 15 is 0 Å². The summed E-state index contributed by atoms with van der Waals surface area (Å²) in [6, 6.07) is 59.3. The molecule has 0 radical (unpaired) electrons. The molecular formula is C48H26B2N2S4. The van der Waals surface area contributed by atoms with E-state index in [2.05, 4.69) is 167 Å². The predicted octanol–water partition coefficient (Wildman–Crippen LogP) is 12.7. The van der Waals surface area contributed by atoms with E-state index in [0.717, 1.165) is 0 Å². The summed E-state index contributed by atoms with van der Waals surface area (Å²) in [4.78, 5) is 5.54. The molecule has 0 unspecified atom stereocenters. The zero-order valence-corrected chi connectivity index (χ0v) is 33.0. The van der Waals surface area contributed by atoms with Gasteiger partial charge in [0.25, 0.3) is 0 Å². The van der Waals surface area contributed by atoms with Gasteiger partial charge in [-0.2, -0.15) is 46.5 Å². The van der Waals surface area contributed by atoms with E-state index in [1.807, 2.05) is 46.5 Å². The molecule has 2 aromatic heterocycles. The first-order chi connectivity index (χ1) is 27.8. The number of aromatic nitrogens is 2. The SMILES string of the molecule is c1cc2c3c(c1)SB1Sc4cc(-n5c6ccccc6c6ccccc65)ccc4-c4cc5c(c-3c41)B(Sc1cc(-n3c4ccccc4c4ccccc43)ccc1-5)S2. The van der Waals surface area contributed by atoms with Crippen LogP contribution in [0.3, 0.4) is 0 Å². The normalized spacial score (nSPS) is 14.4. The molecule has 2 nitrogen and oxygen atoms in total. The van der Waals surface area contributed by atoms with Crippen molar-refractivity contribution in [2.24, 2.45) is 0 Å². The van der Waals surface area contributed by atoms with Crippen molar-refractivity contribution >= 4 is 112 Å². The Morgan fingerprint density at radius 1 is 0.321 bits per heavy atom. The highest BCUT2D eigenvalue weighted by atomic mass is 32.2. The third-order valence-electron chi connectivity index (χ3n) is 12.2. The Bertz CT molecular complexity index is 3100. The first-order valence-electron chi connectivity index (χ1n) is 19.0. The molecule has 0 fully saturated rings. The lowest BCUT2D eigenvalue weighted by Gasteiger charge is -2.40. The van der Waals surface area contributed by atoms with Crippen LogP contribution in [0.5, 0.6) is 0 Å². The zero-order chi connectivity index (χ0) is 36.2. The molecule has 0 saturated carbocycles. The monoisotopic (exact) mass is 780 g/mol. The lowest BCUT2D eigenvalue weighted by Crippen LogP contribution is -2.44. The first-order valence-corrected chi connectivity index (χ1v) is 22.6. The molecule has 8 aromatic carbocycles. The van der Waals surface area contributed by atoms with E-state index in [1.54, 1.807) is 0 Å². The Morgan fingerprint density at radius 2 is 0.714 bits per heavy atom. The van der Waals surface area contributed by atoms with E-state index in [9.17, 15) is 0 Å². The number of hydrogen-bond acceptors (Lipinski definition) is 4. The molecule has 0 N–H and O–H groups in total. The van der Waals surface area contributed by atoms with Gasteiger partial charge in [0, 0.05) is 58.1 Å². The van der Waals surface area contributed by atoms with Crippen LogP contribution in [0.2, 0.25) is 0 Å². The quantitative estimate of drug-likeness (QED) is 0.162. The topological polar surface area (TPSA) is 9.86 Å². The van der Waals surface area contributed by atoms with Gasteiger partial charge in [-0.3, -0.25) is 0 Å². The summed E-state index contributed by atoms with van der Waals surface area (Å²) >= 11 is 8.18. The average molecular weight is 781 g/mol. The minimum Gasteiger partial charge on any atom is -0.309 e. The van der Waals surface area contributed by atoms with Crippen LogP contribution >= 0.6 is 46.5 Å². The summed E-state index contributed by atoms with van der Waals surface area (Å²) in [5, 5.41) is 5.77. The Hall–Kier alpha value is -5.11. The lowest BCUT2D eigenvalue weighted by molar-refractivity contribution is 1.16. The number of nitrogens with zero attached hydrogens (tertiary/aromatic N) is 2. The highest BCUT2D eigenvalue weighted by Gasteiger charge is 2.46. The number of fused-ring (bicyclic) bond motifs is 10. The molecule has 14 rings (SSSR count). The molecular weight excluding hydrogens is 754 g/mol. The van der Waals surface area contributed by atoms with Gasteiger partial charge in [-0.1, -0.05) is 91.0 Å². The second-order valence-electron chi connectivity index (χ2n) is 15.0. The maximum Gasteiger partial charge on any atom is 0.318 e. The fourth-order valence-electron chi connectivity index (χ4n) is 9.96. The highest BCUT2D eigenvalue weighted by molar-refractivity contribution is 8.56. The summed E-state index contributed by atoms with van der Waals surface area (Å²) in [6.07, 6.45) is 0. The van der Waals surface area contributed by atoms with Gasteiger partial charge in [0.1, 0.15) is 0 Å². The molecule has 0 aliphatic carbocycles. The van der Waals surface area contributed by atoms with Gasteiger partial charge in [0.15, 0.2) is 0 Å². The van der Waals surface area contributed by atoms with Crippen LogP contribution in [-0.4, -0.2) is 19.7 Å². The van der Waals surface area contributed by atoms with Crippen LogP contribution in [0, 0.1) is 0 Å². The maximum atomic E-state index is 2.57. The van der Waals surface area contributed by atoms with Crippen molar-refractivity contribution in [3.05, 3.63) is 158 Å². The van der Waals surface area contributed by atoms with Crippen LogP contribution in [0.15, 0.2) is 177 Å². The minimum atomic E-state index is 0.293. The average Bonchev–Trinajstić information content (AvgIpc) is 3.76. The van der Waals surface area contributed by atoms with E-state index in [-0.39, 0.29) is 0 Å². The first kappa shape index (κ1) is 31.0. The van der Waals surface area contributed by atoms with Crippen LogP contribution < -0.4 is 10.9 Å². The fourth-order valence-corrected chi connectivity index (χ4v) is 16.0. The van der Waals surface area contributed by atoms with Crippen molar-refractivity contribution in [1.29, 1.82) is 0 Å². The van der Waals surface area contributed by atoms with E-state index in [0.29, 0.717) is 10.5 Å². The molecule has 4 aliphatic heterocycles. The molecule has 8 heteroatoms. The highest BCUT2D eigenvalue weighted by Crippen LogP contribution is 2.57. The number of hydrogen-bond donors (Lipinski definition) is 0. The molecule has 0 amide bonds. The molecule has 0 spiro atoms. The smallest absolute Gasteiger partial charge is 0.309 e. The summed E-state index contributed by atoms with van der Waals surface area (Å²) < 4.78 is 4.91. The second-order valence-corrected chi connectivity index (χ2v) is 20.2. The molecule has 258 valence electrons. The molecule has 0 bridgehead atoms. The Morgan fingerprint density at radius 3 is 1.14 bits per heavy atom. The maximum absolute atomic E-state index is 2.57. The third kappa shape index (κ3) is 4.03. The summed E-state index contributed by atoms with van der Waals surface area (Å²) in [5.41, 5.74) is 18.9. The summed E-state index contributed by atoms with van der Waals surface area (Å²) in [5.74, 6) is 0. The van der Waals surface area contributed by atoms with Crippen LogP contribution in [0.25, 0.3) is 88.4 Å². The molecule has 10 aromatic rings. The van der Waals surface area contributed by atoms with Crippen molar-refractivity contribution in [1.82, 2.24) is 9.13 Å². The van der Waals surface area contributed by atoms with Gasteiger partial charge in [-0.25, -0.2) is 0 Å². The second kappa shape index (κ2) is 11.3.